The van der Waals surface area contributed by atoms with E-state index in [1.807, 2.05) is 49.4 Å². The molecule has 1 aromatic carbocycles. The Morgan fingerprint density at radius 1 is 1.19 bits per heavy atom. The molecule has 21 heavy (non-hydrogen) atoms. The van der Waals surface area contributed by atoms with Crippen molar-refractivity contribution in [2.75, 3.05) is 6.61 Å². The number of esters is 1. The van der Waals surface area contributed by atoms with E-state index < -0.39 is 0 Å². The lowest BCUT2D eigenvalue weighted by Crippen LogP contribution is -2.04. The van der Waals surface area contributed by atoms with Gasteiger partial charge in [0.15, 0.2) is 11.5 Å². The molecule has 0 radical (unpaired) electrons. The second-order valence-electron chi connectivity index (χ2n) is 4.32. The molecule has 0 saturated heterocycles. The van der Waals surface area contributed by atoms with Gasteiger partial charge in [0.2, 0.25) is 0 Å². The molecular formula is C17H17NO3. The summed E-state index contributed by atoms with van der Waals surface area (Å²) in [4.78, 5) is 15.3. The SMILES string of the molecule is CCOc1cc(/C=C/c2ccccn2)ccc1OC(C)=O. The molecule has 0 unspecified atom stereocenters. The minimum absolute atomic E-state index is 0.368. The highest BCUT2D eigenvalue weighted by Gasteiger charge is 2.07. The Hall–Kier alpha value is -2.62. The van der Waals surface area contributed by atoms with Crippen molar-refractivity contribution in [1.82, 2.24) is 4.98 Å². The number of hydrogen-bond donors (Lipinski definition) is 0. The number of rotatable bonds is 5. The first kappa shape index (κ1) is 14.8. The number of hydrogen-bond acceptors (Lipinski definition) is 4. The van der Waals surface area contributed by atoms with Crippen molar-refractivity contribution in [3.05, 3.63) is 53.9 Å². The van der Waals surface area contributed by atoms with Crippen molar-refractivity contribution in [3.8, 4) is 11.5 Å². The third-order valence-electron chi connectivity index (χ3n) is 2.66. The Morgan fingerprint density at radius 2 is 2.05 bits per heavy atom. The van der Waals surface area contributed by atoms with Crippen LogP contribution in [0.4, 0.5) is 0 Å². The molecule has 4 nitrogen and oxygen atoms in total. The Morgan fingerprint density at radius 3 is 2.71 bits per heavy atom. The Kier molecular flexibility index (Phi) is 5.10. The summed E-state index contributed by atoms with van der Waals surface area (Å²) in [7, 11) is 0. The van der Waals surface area contributed by atoms with Gasteiger partial charge in [-0.15, -0.1) is 0 Å². The highest BCUT2D eigenvalue weighted by atomic mass is 16.6. The predicted molar refractivity (Wildman–Crippen MR) is 82.1 cm³/mol. The van der Waals surface area contributed by atoms with Gasteiger partial charge in [-0.2, -0.15) is 0 Å². The first-order valence-electron chi connectivity index (χ1n) is 6.73. The second-order valence-corrected chi connectivity index (χ2v) is 4.32. The number of aromatic nitrogens is 1. The van der Waals surface area contributed by atoms with E-state index in [0.717, 1.165) is 11.3 Å². The van der Waals surface area contributed by atoms with Gasteiger partial charge in [-0.25, -0.2) is 0 Å². The van der Waals surface area contributed by atoms with Crippen molar-refractivity contribution in [2.24, 2.45) is 0 Å². The zero-order valence-corrected chi connectivity index (χ0v) is 12.1. The van der Waals surface area contributed by atoms with Crippen LogP contribution in [0.3, 0.4) is 0 Å². The lowest BCUT2D eigenvalue weighted by Gasteiger charge is -2.10. The molecule has 0 fully saturated rings. The first-order chi connectivity index (χ1) is 10.2. The molecule has 0 saturated carbocycles. The van der Waals surface area contributed by atoms with Gasteiger partial charge < -0.3 is 9.47 Å². The number of benzene rings is 1. The Balaban J connectivity index is 2.23. The third kappa shape index (κ3) is 4.45. The molecule has 0 amide bonds. The average Bonchev–Trinajstić information content (AvgIpc) is 2.48. The van der Waals surface area contributed by atoms with Gasteiger partial charge >= 0.3 is 5.97 Å². The van der Waals surface area contributed by atoms with Crippen LogP contribution >= 0.6 is 0 Å². The summed E-state index contributed by atoms with van der Waals surface area (Å²) in [5.41, 5.74) is 1.82. The largest absolute Gasteiger partial charge is 0.490 e. The van der Waals surface area contributed by atoms with E-state index in [0.29, 0.717) is 18.1 Å². The monoisotopic (exact) mass is 283 g/mol. The molecule has 2 rings (SSSR count). The maximum absolute atomic E-state index is 11.1. The Labute approximate surface area is 124 Å². The summed E-state index contributed by atoms with van der Waals surface area (Å²) in [5.74, 6) is 0.614. The van der Waals surface area contributed by atoms with E-state index in [2.05, 4.69) is 4.98 Å². The van der Waals surface area contributed by atoms with Crippen LogP contribution in [0.2, 0.25) is 0 Å². The molecule has 0 spiro atoms. The van der Waals surface area contributed by atoms with Gasteiger partial charge in [-0.1, -0.05) is 18.2 Å². The molecule has 0 atom stereocenters. The van der Waals surface area contributed by atoms with E-state index in [1.165, 1.54) is 6.92 Å². The predicted octanol–water partition coefficient (Wildman–Crippen LogP) is 3.58. The molecular weight excluding hydrogens is 266 g/mol. The molecule has 1 heterocycles. The van der Waals surface area contributed by atoms with Crippen molar-refractivity contribution >= 4 is 18.1 Å². The Bertz CT molecular complexity index is 636. The molecule has 0 aliphatic carbocycles. The van der Waals surface area contributed by atoms with Crippen molar-refractivity contribution in [3.63, 3.8) is 0 Å². The maximum Gasteiger partial charge on any atom is 0.308 e. The summed E-state index contributed by atoms with van der Waals surface area (Å²) < 4.78 is 10.6. The smallest absolute Gasteiger partial charge is 0.308 e. The minimum atomic E-state index is -0.368. The van der Waals surface area contributed by atoms with E-state index in [-0.39, 0.29) is 5.97 Å². The van der Waals surface area contributed by atoms with Gasteiger partial charge in [0.25, 0.3) is 0 Å². The third-order valence-corrected chi connectivity index (χ3v) is 2.66. The topological polar surface area (TPSA) is 48.4 Å². The van der Waals surface area contributed by atoms with E-state index >= 15 is 0 Å². The standard InChI is InChI=1S/C17H17NO3/c1-3-20-17-12-14(8-10-16(17)21-13(2)19)7-9-15-6-4-5-11-18-15/h4-12H,3H2,1-2H3/b9-7+. The number of nitrogens with zero attached hydrogens (tertiary/aromatic N) is 1. The second kappa shape index (κ2) is 7.24. The zero-order chi connectivity index (χ0) is 15.1. The summed E-state index contributed by atoms with van der Waals surface area (Å²) in [5, 5.41) is 0. The first-order valence-corrected chi connectivity index (χ1v) is 6.73. The number of pyridine rings is 1. The van der Waals surface area contributed by atoms with Crippen molar-refractivity contribution in [2.45, 2.75) is 13.8 Å². The quantitative estimate of drug-likeness (QED) is 0.621. The summed E-state index contributed by atoms with van der Waals surface area (Å²) in [6, 6.07) is 11.2. The number of ether oxygens (including phenoxy) is 2. The lowest BCUT2D eigenvalue weighted by molar-refractivity contribution is -0.132. The van der Waals surface area contributed by atoms with Gasteiger partial charge in [-0.05, 0) is 42.8 Å². The highest BCUT2D eigenvalue weighted by Crippen LogP contribution is 2.29. The molecule has 0 N–H and O–H groups in total. The average molecular weight is 283 g/mol. The molecule has 0 bridgehead atoms. The van der Waals surface area contributed by atoms with Crippen LogP contribution < -0.4 is 9.47 Å². The fourth-order valence-corrected chi connectivity index (χ4v) is 1.79. The summed E-state index contributed by atoms with van der Waals surface area (Å²) in [6.45, 7) is 3.75. The summed E-state index contributed by atoms with van der Waals surface area (Å²) in [6.07, 6.45) is 5.59. The van der Waals surface area contributed by atoms with E-state index in [4.69, 9.17) is 9.47 Å². The van der Waals surface area contributed by atoms with Crippen LogP contribution in [0.25, 0.3) is 12.2 Å². The molecule has 1 aromatic heterocycles. The van der Waals surface area contributed by atoms with E-state index in [9.17, 15) is 4.79 Å². The van der Waals surface area contributed by atoms with Crippen LogP contribution in [0.15, 0.2) is 42.6 Å². The fraction of sp³-hybridized carbons (Fsp3) is 0.176. The van der Waals surface area contributed by atoms with Crippen LogP contribution in [0.1, 0.15) is 25.1 Å². The molecule has 108 valence electrons. The highest BCUT2D eigenvalue weighted by molar-refractivity contribution is 5.72. The van der Waals surface area contributed by atoms with E-state index in [1.54, 1.807) is 12.3 Å². The summed E-state index contributed by atoms with van der Waals surface area (Å²) >= 11 is 0. The molecule has 0 aliphatic heterocycles. The van der Waals surface area contributed by atoms with Crippen LogP contribution in [0, 0.1) is 0 Å². The van der Waals surface area contributed by atoms with Crippen molar-refractivity contribution < 1.29 is 14.3 Å². The fourth-order valence-electron chi connectivity index (χ4n) is 1.79. The van der Waals surface area contributed by atoms with Gasteiger partial charge in [0, 0.05) is 13.1 Å². The minimum Gasteiger partial charge on any atom is -0.490 e. The molecule has 2 aromatic rings. The van der Waals surface area contributed by atoms with Gasteiger partial charge in [0.05, 0.1) is 12.3 Å². The maximum atomic E-state index is 11.1. The van der Waals surface area contributed by atoms with Crippen LogP contribution in [0.5, 0.6) is 11.5 Å². The number of carbonyl (C=O) groups is 1. The number of carbonyl (C=O) groups excluding carboxylic acids is 1. The molecule has 4 heteroatoms. The van der Waals surface area contributed by atoms with Crippen LogP contribution in [-0.2, 0) is 4.79 Å². The van der Waals surface area contributed by atoms with Gasteiger partial charge in [0.1, 0.15) is 0 Å². The normalized spacial score (nSPS) is 10.6. The van der Waals surface area contributed by atoms with Gasteiger partial charge in [-0.3, -0.25) is 9.78 Å². The van der Waals surface area contributed by atoms with Crippen LogP contribution in [-0.4, -0.2) is 17.6 Å². The zero-order valence-electron chi connectivity index (χ0n) is 12.1. The lowest BCUT2D eigenvalue weighted by atomic mass is 10.1. The molecule has 0 aliphatic rings. The van der Waals surface area contributed by atoms with Crippen molar-refractivity contribution in [1.29, 1.82) is 0 Å².